The van der Waals surface area contributed by atoms with Crippen molar-refractivity contribution in [1.29, 1.82) is 0 Å². The standard InChI is InChI=1S/C18H16N2O3S/c21-18(17-14(5-10-24-17)20-6-1-2-7-20)19-12-13-3-4-15-16(11-13)23-9-8-22-15/h1-7,10-11H,8-9,12H2,(H,19,21). The second-order valence-electron chi connectivity index (χ2n) is 5.39. The van der Waals surface area contributed by atoms with Gasteiger partial charge in [0.15, 0.2) is 11.5 Å². The van der Waals surface area contributed by atoms with Crippen LogP contribution in [0.15, 0.2) is 54.2 Å². The van der Waals surface area contributed by atoms with Crippen molar-refractivity contribution in [3.05, 3.63) is 64.6 Å². The summed E-state index contributed by atoms with van der Waals surface area (Å²) in [7, 11) is 0. The van der Waals surface area contributed by atoms with Gasteiger partial charge in [0.2, 0.25) is 0 Å². The van der Waals surface area contributed by atoms with Gasteiger partial charge in [-0.2, -0.15) is 0 Å². The van der Waals surface area contributed by atoms with E-state index in [9.17, 15) is 4.79 Å². The van der Waals surface area contributed by atoms with E-state index >= 15 is 0 Å². The molecule has 0 unspecified atom stereocenters. The van der Waals surface area contributed by atoms with Crippen LogP contribution in [0.4, 0.5) is 0 Å². The predicted molar refractivity (Wildman–Crippen MR) is 92.2 cm³/mol. The van der Waals surface area contributed by atoms with Gasteiger partial charge in [-0.05, 0) is 41.3 Å². The summed E-state index contributed by atoms with van der Waals surface area (Å²) in [5.74, 6) is 1.41. The molecule has 24 heavy (non-hydrogen) atoms. The molecule has 5 nitrogen and oxygen atoms in total. The summed E-state index contributed by atoms with van der Waals surface area (Å²) >= 11 is 1.44. The normalized spacial score (nSPS) is 12.8. The molecule has 0 fully saturated rings. The van der Waals surface area contributed by atoms with Gasteiger partial charge in [-0.25, -0.2) is 0 Å². The zero-order valence-corrected chi connectivity index (χ0v) is 13.7. The molecule has 1 aliphatic heterocycles. The fourth-order valence-corrected chi connectivity index (χ4v) is 3.44. The SMILES string of the molecule is O=C(NCc1ccc2c(c1)OCCO2)c1sccc1-n1cccc1. The highest BCUT2D eigenvalue weighted by Gasteiger charge is 2.15. The minimum absolute atomic E-state index is 0.0800. The van der Waals surface area contributed by atoms with Crippen LogP contribution in [0.5, 0.6) is 11.5 Å². The lowest BCUT2D eigenvalue weighted by Crippen LogP contribution is -2.23. The molecule has 1 N–H and O–H groups in total. The van der Waals surface area contributed by atoms with Crippen LogP contribution in [0.2, 0.25) is 0 Å². The Morgan fingerprint density at radius 1 is 1.12 bits per heavy atom. The molecule has 0 aliphatic carbocycles. The van der Waals surface area contributed by atoms with E-state index in [2.05, 4.69) is 5.32 Å². The number of hydrogen-bond acceptors (Lipinski definition) is 4. The molecule has 0 saturated carbocycles. The Morgan fingerprint density at radius 2 is 1.92 bits per heavy atom. The molecule has 1 amide bonds. The number of carbonyl (C=O) groups excluding carboxylic acids is 1. The van der Waals surface area contributed by atoms with E-state index in [1.165, 1.54) is 11.3 Å². The van der Waals surface area contributed by atoms with Crippen molar-refractivity contribution in [1.82, 2.24) is 9.88 Å². The van der Waals surface area contributed by atoms with Crippen LogP contribution >= 0.6 is 11.3 Å². The fourth-order valence-electron chi connectivity index (χ4n) is 2.63. The molecule has 1 aliphatic rings. The van der Waals surface area contributed by atoms with Crippen LogP contribution in [0, 0.1) is 0 Å². The second-order valence-corrected chi connectivity index (χ2v) is 6.30. The summed E-state index contributed by atoms with van der Waals surface area (Å²) in [6, 6.07) is 11.6. The van der Waals surface area contributed by atoms with Crippen molar-refractivity contribution < 1.29 is 14.3 Å². The summed E-state index contributed by atoms with van der Waals surface area (Å²) < 4.78 is 13.0. The van der Waals surface area contributed by atoms with E-state index in [-0.39, 0.29) is 5.91 Å². The second kappa shape index (κ2) is 6.41. The van der Waals surface area contributed by atoms with Crippen LogP contribution in [0.1, 0.15) is 15.2 Å². The van der Waals surface area contributed by atoms with Gasteiger partial charge in [0, 0.05) is 18.9 Å². The average molecular weight is 340 g/mol. The zero-order valence-electron chi connectivity index (χ0n) is 12.9. The molecule has 0 saturated heterocycles. The maximum absolute atomic E-state index is 12.5. The number of rotatable bonds is 4. The van der Waals surface area contributed by atoms with E-state index in [4.69, 9.17) is 9.47 Å². The minimum Gasteiger partial charge on any atom is -0.486 e. The molecular weight excluding hydrogens is 324 g/mol. The van der Waals surface area contributed by atoms with E-state index in [1.54, 1.807) is 0 Å². The van der Waals surface area contributed by atoms with Crippen molar-refractivity contribution in [2.45, 2.75) is 6.54 Å². The quantitative estimate of drug-likeness (QED) is 0.793. The third-order valence-corrected chi connectivity index (χ3v) is 4.70. The van der Waals surface area contributed by atoms with Crippen molar-refractivity contribution in [2.75, 3.05) is 13.2 Å². The first-order chi connectivity index (χ1) is 11.8. The van der Waals surface area contributed by atoms with Gasteiger partial charge in [-0.15, -0.1) is 11.3 Å². The van der Waals surface area contributed by atoms with Crippen LogP contribution in [0.25, 0.3) is 5.69 Å². The molecule has 3 aromatic rings. The molecule has 6 heteroatoms. The lowest BCUT2D eigenvalue weighted by molar-refractivity contribution is 0.0955. The molecule has 3 heterocycles. The maximum atomic E-state index is 12.5. The Balaban J connectivity index is 1.47. The van der Waals surface area contributed by atoms with Crippen LogP contribution in [-0.4, -0.2) is 23.7 Å². The largest absolute Gasteiger partial charge is 0.486 e. The average Bonchev–Trinajstić information content (AvgIpc) is 3.30. The number of nitrogens with zero attached hydrogens (tertiary/aromatic N) is 1. The summed E-state index contributed by atoms with van der Waals surface area (Å²) in [4.78, 5) is 13.2. The highest BCUT2D eigenvalue weighted by atomic mass is 32.1. The molecule has 0 radical (unpaired) electrons. The zero-order chi connectivity index (χ0) is 16.4. The number of benzene rings is 1. The highest BCUT2D eigenvalue weighted by molar-refractivity contribution is 7.12. The predicted octanol–water partition coefficient (Wildman–Crippen LogP) is 3.24. The Hall–Kier alpha value is -2.73. The Kier molecular flexibility index (Phi) is 3.96. The number of aromatic nitrogens is 1. The van der Waals surface area contributed by atoms with Crippen LogP contribution < -0.4 is 14.8 Å². The van der Waals surface area contributed by atoms with E-state index in [0.29, 0.717) is 24.6 Å². The number of amides is 1. The number of fused-ring (bicyclic) bond motifs is 1. The number of nitrogens with one attached hydrogen (secondary N) is 1. The number of carbonyl (C=O) groups is 1. The summed E-state index contributed by atoms with van der Waals surface area (Å²) in [5, 5.41) is 4.90. The molecule has 1 aromatic carbocycles. The molecule has 0 spiro atoms. The van der Waals surface area contributed by atoms with Gasteiger partial charge in [0.1, 0.15) is 18.1 Å². The number of ether oxygens (including phenoxy) is 2. The Labute approximate surface area is 143 Å². The Morgan fingerprint density at radius 3 is 2.75 bits per heavy atom. The third kappa shape index (κ3) is 2.88. The van der Waals surface area contributed by atoms with Crippen molar-refractivity contribution in [3.8, 4) is 17.2 Å². The number of thiophene rings is 1. The first kappa shape index (κ1) is 14.8. The van der Waals surface area contributed by atoms with Gasteiger partial charge in [0.05, 0.1) is 5.69 Å². The van der Waals surface area contributed by atoms with Crippen molar-refractivity contribution >= 4 is 17.2 Å². The minimum atomic E-state index is -0.0800. The molecule has 4 rings (SSSR count). The highest BCUT2D eigenvalue weighted by Crippen LogP contribution is 2.30. The lowest BCUT2D eigenvalue weighted by Gasteiger charge is -2.19. The molecule has 2 aromatic heterocycles. The summed E-state index contributed by atoms with van der Waals surface area (Å²) in [5.41, 5.74) is 1.87. The van der Waals surface area contributed by atoms with Gasteiger partial charge in [-0.3, -0.25) is 4.79 Å². The van der Waals surface area contributed by atoms with Crippen LogP contribution in [0.3, 0.4) is 0 Å². The fraction of sp³-hybridized carbons (Fsp3) is 0.167. The van der Waals surface area contributed by atoms with Gasteiger partial charge in [-0.1, -0.05) is 6.07 Å². The lowest BCUT2D eigenvalue weighted by atomic mass is 10.2. The first-order valence-electron chi connectivity index (χ1n) is 7.69. The van der Waals surface area contributed by atoms with E-state index in [0.717, 1.165) is 22.7 Å². The monoisotopic (exact) mass is 340 g/mol. The molecule has 122 valence electrons. The smallest absolute Gasteiger partial charge is 0.263 e. The number of hydrogen-bond donors (Lipinski definition) is 1. The molecule has 0 bridgehead atoms. The van der Waals surface area contributed by atoms with Gasteiger partial charge >= 0.3 is 0 Å². The molecular formula is C18H16N2O3S. The van der Waals surface area contributed by atoms with Crippen molar-refractivity contribution in [3.63, 3.8) is 0 Å². The topological polar surface area (TPSA) is 52.5 Å². The maximum Gasteiger partial charge on any atom is 0.263 e. The summed E-state index contributed by atoms with van der Waals surface area (Å²) in [6.45, 7) is 1.57. The summed E-state index contributed by atoms with van der Waals surface area (Å²) in [6.07, 6.45) is 3.86. The van der Waals surface area contributed by atoms with Crippen molar-refractivity contribution in [2.24, 2.45) is 0 Å². The third-order valence-electron chi connectivity index (χ3n) is 3.79. The first-order valence-corrected chi connectivity index (χ1v) is 8.57. The van der Waals surface area contributed by atoms with E-state index in [1.807, 2.05) is 58.7 Å². The van der Waals surface area contributed by atoms with Crippen LogP contribution in [-0.2, 0) is 6.54 Å². The Bertz CT molecular complexity index is 855. The van der Waals surface area contributed by atoms with Gasteiger partial charge < -0.3 is 19.4 Å². The van der Waals surface area contributed by atoms with E-state index < -0.39 is 0 Å². The van der Waals surface area contributed by atoms with Gasteiger partial charge in [0.25, 0.3) is 5.91 Å². The molecule has 0 atom stereocenters.